The zero-order valence-electron chi connectivity index (χ0n) is 18.7. The molecule has 1 amide bonds. The van der Waals surface area contributed by atoms with Crippen molar-refractivity contribution in [3.8, 4) is 11.5 Å². The third-order valence-corrected chi connectivity index (χ3v) is 6.27. The number of esters is 1. The van der Waals surface area contributed by atoms with Crippen molar-refractivity contribution >= 4 is 46.7 Å². The van der Waals surface area contributed by atoms with Crippen LogP contribution in [0.4, 0.5) is 5.00 Å². The summed E-state index contributed by atoms with van der Waals surface area (Å²) < 4.78 is 15.5. The number of rotatable bonds is 8. The highest BCUT2D eigenvalue weighted by atomic mass is 35.5. The fourth-order valence-corrected chi connectivity index (χ4v) is 4.93. The second-order valence-corrected chi connectivity index (χ2v) is 8.27. The predicted molar refractivity (Wildman–Crippen MR) is 129 cm³/mol. The van der Waals surface area contributed by atoms with E-state index >= 15 is 0 Å². The van der Waals surface area contributed by atoms with Gasteiger partial charge in [-0.15, -0.1) is 23.7 Å². The third kappa shape index (κ3) is 5.82. The number of carbonyl (C=O) groups excluding carboxylic acids is 2. The molecule has 1 aromatic carbocycles. The average molecular weight is 481 g/mol. The van der Waals surface area contributed by atoms with Crippen molar-refractivity contribution in [1.82, 2.24) is 4.90 Å². The molecule has 0 saturated heterocycles. The Bertz CT molecular complexity index is 989. The van der Waals surface area contributed by atoms with Gasteiger partial charge in [0.05, 0.1) is 26.9 Å². The lowest BCUT2D eigenvalue weighted by atomic mass is 10.0. The maximum absolute atomic E-state index is 12.6. The largest absolute Gasteiger partial charge is 0.493 e. The molecule has 7 nitrogen and oxygen atoms in total. The molecule has 2 aromatic rings. The summed E-state index contributed by atoms with van der Waals surface area (Å²) in [7, 11) is 4.50. The zero-order valence-corrected chi connectivity index (χ0v) is 20.4. The molecule has 3 rings (SSSR count). The first-order valence-corrected chi connectivity index (χ1v) is 11.0. The Morgan fingerprint density at radius 1 is 1.19 bits per heavy atom. The first kappa shape index (κ1) is 25.7. The van der Waals surface area contributed by atoms with E-state index in [1.807, 2.05) is 6.07 Å². The second-order valence-electron chi connectivity index (χ2n) is 7.16. The van der Waals surface area contributed by atoms with E-state index in [2.05, 4.69) is 17.1 Å². The summed E-state index contributed by atoms with van der Waals surface area (Å²) in [6.07, 6.45) is 4.97. The summed E-state index contributed by atoms with van der Waals surface area (Å²) in [5, 5.41) is 3.41. The van der Waals surface area contributed by atoms with Crippen molar-refractivity contribution in [3.05, 3.63) is 45.8 Å². The molecule has 32 heavy (non-hydrogen) atoms. The number of nitrogens with one attached hydrogen (secondary N) is 1. The van der Waals surface area contributed by atoms with Crippen molar-refractivity contribution in [2.75, 3.05) is 39.7 Å². The monoisotopic (exact) mass is 480 g/mol. The van der Waals surface area contributed by atoms with Crippen LogP contribution < -0.4 is 14.8 Å². The van der Waals surface area contributed by atoms with Crippen molar-refractivity contribution in [1.29, 1.82) is 0 Å². The summed E-state index contributed by atoms with van der Waals surface area (Å²) >= 11 is 1.45. The molecule has 9 heteroatoms. The highest BCUT2D eigenvalue weighted by Gasteiger charge is 2.28. The van der Waals surface area contributed by atoms with Crippen LogP contribution >= 0.6 is 23.7 Å². The van der Waals surface area contributed by atoms with Gasteiger partial charge >= 0.3 is 5.97 Å². The molecule has 174 valence electrons. The molecule has 1 aromatic heterocycles. The Kier molecular flexibility index (Phi) is 9.56. The number of thiophene rings is 1. The molecule has 1 aliphatic rings. The molecule has 0 bridgehead atoms. The van der Waals surface area contributed by atoms with Crippen LogP contribution in [-0.2, 0) is 22.5 Å². The van der Waals surface area contributed by atoms with Crippen molar-refractivity contribution in [3.63, 3.8) is 0 Å². The van der Waals surface area contributed by atoms with Crippen molar-refractivity contribution in [2.24, 2.45) is 0 Å². The lowest BCUT2D eigenvalue weighted by molar-refractivity contribution is -0.111. The molecule has 0 aliphatic carbocycles. The maximum Gasteiger partial charge on any atom is 0.341 e. The summed E-state index contributed by atoms with van der Waals surface area (Å²) in [5.41, 5.74) is 2.26. The van der Waals surface area contributed by atoms with Crippen LogP contribution in [0.3, 0.4) is 0 Å². The molecule has 0 fully saturated rings. The summed E-state index contributed by atoms with van der Waals surface area (Å²) in [6, 6.07) is 5.40. The Balaban J connectivity index is 0.00000363. The highest BCUT2D eigenvalue weighted by Crippen LogP contribution is 2.37. The number of carbonyl (C=O) groups is 2. The number of methoxy groups -OCH3 is 3. The van der Waals surface area contributed by atoms with Gasteiger partial charge in [-0.05, 0) is 48.7 Å². The molecule has 2 heterocycles. The number of nitrogens with zero attached hydrogens (tertiary/aromatic N) is 1. The first-order chi connectivity index (χ1) is 15.0. The van der Waals surface area contributed by atoms with Gasteiger partial charge in [0.15, 0.2) is 11.5 Å². The Hall–Kier alpha value is -2.55. The van der Waals surface area contributed by atoms with Crippen molar-refractivity contribution in [2.45, 2.75) is 26.3 Å². The van der Waals surface area contributed by atoms with Gasteiger partial charge < -0.3 is 19.5 Å². The van der Waals surface area contributed by atoms with E-state index in [1.165, 1.54) is 24.5 Å². The van der Waals surface area contributed by atoms with Gasteiger partial charge in [-0.3, -0.25) is 9.69 Å². The molecule has 1 aliphatic heterocycles. The van der Waals surface area contributed by atoms with Crippen LogP contribution in [-0.4, -0.2) is 51.2 Å². The van der Waals surface area contributed by atoms with Gasteiger partial charge in [0.1, 0.15) is 5.00 Å². The van der Waals surface area contributed by atoms with Crippen LogP contribution in [0.25, 0.3) is 6.08 Å². The Morgan fingerprint density at radius 2 is 1.94 bits per heavy atom. The minimum atomic E-state index is -0.416. The van der Waals surface area contributed by atoms with Crippen LogP contribution in [0.1, 0.15) is 39.7 Å². The van der Waals surface area contributed by atoms with Crippen LogP contribution in [0.2, 0.25) is 0 Å². The molecule has 0 atom stereocenters. The molecule has 0 saturated carbocycles. The lowest BCUT2D eigenvalue weighted by Crippen LogP contribution is -2.30. The van der Waals surface area contributed by atoms with E-state index in [0.29, 0.717) is 22.1 Å². The number of ether oxygens (including phenoxy) is 3. The molecule has 0 spiro atoms. The number of amides is 1. The van der Waals surface area contributed by atoms with Gasteiger partial charge in [-0.25, -0.2) is 4.79 Å². The highest BCUT2D eigenvalue weighted by molar-refractivity contribution is 7.17. The Labute approximate surface area is 198 Å². The number of hydrogen-bond donors (Lipinski definition) is 1. The molecule has 0 unspecified atom stereocenters. The van der Waals surface area contributed by atoms with E-state index in [1.54, 1.807) is 32.4 Å². The van der Waals surface area contributed by atoms with E-state index in [4.69, 9.17) is 14.2 Å². The number of anilines is 1. The fraction of sp³-hybridized carbons (Fsp3) is 0.391. The van der Waals surface area contributed by atoms with Crippen LogP contribution in [0.15, 0.2) is 24.3 Å². The van der Waals surface area contributed by atoms with Gasteiger partial charge in [0.25, 0.3) is 0 Å². The second kappa shape index (κ2) is 11.9. The average Bonchev–Trinajstić information content (AvgIpc) is 3.13. The summed E-state index contributed by atoms with van der Waals surface area (Å²) in [6.45, 7) is 4.85. The third-order valence-electron chi connectivity index (χ3n) is 5.14. The standard InChI is InChI=1S/C23H28N2O5S.ClH/c1-5-11-25-12-10-16-19(14-25)31-22(21(16)23(27)30-4)24-20(26)9-7-15-6-8-17(28-2)18(13-15)29-3;/h6-9,13H,5,10-12,14H2,1-4H3,(H,24,26);1H/b9-7+;. The van der Waals surface area contributed by atoms with Gasteiger partial charge in [-0.1, -0.05) is 13.0 Å². The van der Waals surface area contributed by atoms with Gasteiger partial charge in [0, 0.05) is 24.0 Å². The summed E-state index contributed by atoms with van der Waals surface area (Å²) in [4.78, 5) is 28.5. The Morgan fingerprint density at radius 3 is 2.59 bits per heavy atom. The fourth-order valence-electron chi connectivity index (χ4n) is 3.65. The van der Waals surface area contributed by atoms with Gasteiger partial charge in [0.2, 0.25) is 5.91 Å². The minimum absolute atomic E-state index is 0. The zero-order chi connectivity index (χ0) is 22.4. The number of hydrogen-bond acceptors (Lipinski definition) is 7. The van der Waals surface area contributed by atoms with Crippen molar-refractivity contribution < 1.29 is 23.8 Å². The van der Waals surface area contributed by atoms with Crippen LogP contribution in [0, 0.1) is 0 Å². The van der Waals surface area contributed by atoms with E-state index in [-0.39, 0.29) is 18.3 Å². The summed E-state index contributed by atoms with van der Waals surface area (Å²) in [5.74, 6) is 0.471. The normalized spacial score (nSPS) is 13.2. The smallest absolute Gasteiger partial charge is 0.341 e. The lowest BCUT2D eigenvalue weighted by Gasteiger charge is -2.26. The molecular weight excluding hydrogens is 452 g/mol. The first-order valence-electron chi connectivity index (χ1n) is 10.2. The number of benzene rings is 1. The SMILES string of the molecule is CCCN1CCc2c(sc(NC(=O)/C=C/c3ccc(OC)c(OC)c3)c2C(=O)OC)C1.Cl. The van der Waals surface area contributed by atoms with E-state index in [9.17, 15) is 9.59 Å². The number of fused-ring (bicyclic) bond motifs is 1. The predicted octanol–water partition coefficient (Wildman–Crippen LogP) is 4.39. The van der Waals surface area contributed by atoms with E-state index in [0.717, 1.165) is 48.5 Å². The molecule has 1 N–H and O–H groups in total. The van der Waals surface area contributed by atoms with Gasteiger partial charge in [-0.2, -0.15) is 0 Å². The molecule has 0 radical (unpaired) electrons. The minimum Gasteiger partial charge on any atom is -0.493 e. The quantitative estimate of drug-likeness (QED) is 0.446. The van der Waals surface area contributed by atoms with Crippen LogP contribution in [0.5, 0.6) is 11.5 Å². The maximum atomic E-state index is 12.6. The molecular formula is C23H29ClN2O5S. The van der Waals surface area contributed by atoms with E-state index < -0.39 is 5.97 Å². The topological polar surface area (TPSA) is 77.1 Å². The number of halogens is 1.